The van der Waals surface area contributed by atoms with Crippen LogP contribution in [-0.4, -0.2) is 48.7 Å². The number of nitrogens with zero attached hydrogens (tertiary/aromatic N) is 3. The second-order valence-corrected chi connectivity index (χ2v) is 5.86. The van der Waals surface area contributed by atoms with E-state index in [2.05, 4.69) is 42.3 Å². The summed E-state index contributed by atoms with van der Waals surface area (Å²) in [5.41, 5.74) is 1.23. The molecule has 5 heteroatoms. The van der Waals surface area contributed by atoms with Gasteiger partial charge in [-0.1, -0.05) is 20.3 Å². The SMILES string of the molecule is CCC(C)C1CN(c2cnn(CCOC)c2)C(C)CN1. The highest BCUT2D eigenvalue weighted by molar-refractivity contribution is 5.44. The van der Waals surface area contributed by atoms with Crippen molar-refractivity contribution in [1.29, 1.82) is 0 Å². The van der Waals surface area contributed by atoms with Crippen molar-refractivity contribution < 1.29 is 4.74 Å². The van der Waals surface area contributed by atoms with Crippen molar-refractivity contribution in [2.24, 2.45) is 5.92 Å². The Morgan fingerprint density at radius 3 is 3.05 bits per heavy atom. The lowest BCUT2D eigenvalue weighted by molar-refractivity contribution is 0.183. The summed E-state index contributed by atoms with van der Waals surface area (Å²) in [6, 6.07) is 1.08. The van der Waals surface area contributed by atoms with Crippen LogP contribution in [0.25, 0.3) is 0 Å². The van der Waals surface area contributed by atoms with Crippen molar-refractivity contribution in [3.63, 3.8) is 0 Å². The Kier molecular flexibility index (Phi) is 5.43. The topological polar surface area (TPSA) is 42.3 Å². The second kappa shape index (κ2) is 7.09. The third kappa shape index (κ3) is 3.52. The van der Waals surface area contributed by atoms with E-state index in [4.69, 9.17) is 4.74 Å². The molecule has 3 unspecified atom stereocenters. The number of anilines is 1. The van der Waals surface area contributed by atoms with Gasteiger partial charge in [-0.05, 0) is 12.8 Å². The number of ether oxygens (including phenoxy) is 1. The molecule has 5 nitrogen and oxygen atoms in total. The predicted octanol–water partition coefficient (Wildman–Crippen LogP) is 1.74. The zero-order valence-electron chi connectivity index (χ0n) is 13.2. The predicted molar refractivity (Wildman–Crippen MR) is 82.2 cm³/mol. The molecule has 0 spiro atoms. The summed E-state index contributed by atoms with van der Waals surface area (Å²) >= 11 is 0. The van der Waals surface area contributed by atoms with Crippen LogP contribution in [0.1, 0.15) is 27.2 Å². The van der Waals surface area contributed by atoms with Crippen LogP contribution in [-0.2, 0) is 11.3 Å². The molecule has 2 rings (SSSR count). The van der Waals surface area contributed by atoms with E-state index in [0.717, 1.165) is 19.6 Å². The standard InChI is InChI=1S/C15H28N4O/c1-5-12(2)15-11-19(13(3)8-16-15)14-9-17-18(10-14)6-7-20-4/h9-10,12-13,15-16H,5-8,11H2,1-4H3. The van der Waals surface area contributed by atoms with Crippen molar-refractivity contribution in [3.8, 4) is 0 Å². The van der Waals surface area contributed by atoms with Crippen LogP contribution in [0.3, 0.4) is 0 Å². The van der Waals surface area contributed by atoms with Crippen LogP contribution in [0.4, 0.5) is 5.69 Å². The molecular formula is C15H28N4O. The Bertz CT molecular complexity index is 406. The number of piperazine rings is 1. The van der Waals surface area contributed by atoms with Crippen LogP contribution in [0.2, 0.25) is 0 Å². The van der Waals surface area contributed by atoms with Gasteiger partial charge in [-0.2, -0.15) is 5.10 Å². The number of nitrogens with one attached hydrogen (secondary N) is 1. The molecule has 1 aliphatic rings. The Balaban J connectivity index is 2.03. The number of aromatic nitrogens is 2. The van der Waals surface area contributed by atoms with E-state index >= 15 is 0 Å². The first-order valence-electron chi connectivity index (χ1n) is 7.67. The molecule has 1 N–H and O–H groups in total. The summed E-state index contributed by atoms with van der Waals surface area (Å²) in [5.74, 6) is 0.702. The molecule has 0 saturated carbocycles. The van der Waals surface area contributed by atoms with Gasteiger partial charge >= 0.3 is 0 Å². The summed E-state index contributed by atoms with van der Waals surface area (Å²) in [7, 11) is 1.72. The van der Waals surface area contributed by atoms with E-state index in [0.29, 0.717) is 24.6 Å². The maximum absolute atomic E-state index is 5.10. The summed E-state index contributed by atoms with van der Waals surface area (Å²) in [6.07, 6.45) is 5.33. The van der Waals surface area contributed by atoms with Gasteiger partial charge in [-0.25, -0.2) is 0 Å². The first-order valence-corrected chi connectivity index (χ1v) is 7.67. The molecule has 3 atom stereocenters. The lowest BCUT2D eigenvalue weighted by Crippen LogP contribution is -2.57. The minimum Gasteiger partial charge on any atom is -0.383 e. The highest BCUT2D eigenvalue weighted by atomic mass is 16.5. The third-order valence-electron chi connectivity index (χ3n) is 4.41. The van der Waals surface area contributed by atoms with E-state index in [1.807, 2.05) is 10.9 Å². The number of hydrogen-bond acceptors (Lipinski definition) is 4. The molecule has 0 aromatic carbocycles. The van der Waals surface area contributed by atoms with Gasteiger partial charge in [-0.3, -0.25) is 4.68 Å². The largest absolute Gasteiger partial charge is 0.383 e. The number of hydrogen-bond donors (Lipinski definition) is 1. The lowest BCUT2D eigenvalue weighted by Gasteiger charge is -2.41. The highest BCUT2D eigenvalue weighted by Gasteiger charge is 2.28. The first-order chi connectivity index (χ1) is 9.65. The van der Waals surface area contributed by atoms with E-state index < -0.39 is 0 Å². The Morgan fingerprint density at radius 2 is 2.35 bits per heavy atom. The summed E-state index contributed by atoms with van der Waals surface area (Å²) in [5, 5.41) is 8.10. The minimum absolute atomic E-state index is 0.510. The lowest BCUT2D eigenvalue weighted by atomic mass is 9.95. The monoisotopic (exact) mass is 280 g/mol. The molecular weight excluding hydrogens is 252 g/mol. The maximum Gasteiger partial charge on any atom is 0.0755 e. The fourth-order valence-corrected chi connectivity index (χ4v) is 2.72. The van der Waals surface area contributed by atoms with E-state index in [9.17, 15) is 0 Å². The van der Waals surface area contributed by atoms with Crippen LogP contribution < -0.4 is 10.2 Å². The fraction of sp³-hybridized carbons (Fsp3) is 0.800. The van der Waals surface area contributed by atoms with Crippen molar-refractivity contribution >= 4 is 5.69 Å². The van der Waals surface area contributed by atoms with E-state index in [-0.39, 0.29) is 0 Å². The smallest absolute Gasteiger partial charge is 0.0755 e. The minimum atomic E-state index is 0.510. The van der Waals surface area contributed by atoms with Gasteiger partial charge in [0.15, 0.2) is 0 Å². The van der Waals surface area contributed by atoms with Crippen LogP contribution in [0.15, 0.2) is 12.4 Å². The Labute approximate surface area is 122 Å². The molecule has 0 amide bonds. The quantitative estimate of drug-likeness (QED) is 0.862. The molecule has 1 aliphatic heterocycles. The van der Waals surface area contributed by atoms with Gasteiger partial charge in [0.05, 0.1) is 25.0 Å². The average Bonchev–Trinajstić information content (AvgIpc) is 2.93. The van der Waals surface area contributed by atoms with Crippen LogP contribution in [0.5, 0.6) is 0 Å². The van der Waals surface area contributed by atoms with Crippen molar-refractivity contribution in [2.75, 3.05) is 31.7 Å². The maximum atomic E-state index is 5.10. The normalized spacial score (nSPS) is 24.9. The first kappa shape index (κ1) is 15.3. The highest BCUT2D eigenvalue weighted by Crippen LogP contribution is 2.22. The van der Waals surface area contributed by atoms with E-state index in [1.165, 1.54) is 12.1 Å². The van der Waals surface area contributed by atoms with Crippen molar-refractivity contribution in [2.45, 2.75) is 45.8 Å². The van der Waals surface area contributed by atoms with Crippen molar-refractivity contribution in [3.05, 3.63) is 12.4 Å². The van der Waals surface area contributed by atoms with Gasteiger partial charge in [-0.15, -0.1) is 0 Å². The van der Waals surface area contributed by atoms with E-state index in [1.54, 1.807) is 7.11 Å². The van der Waals surface area contributed by atoms with Gasteiger partial charge in [0, 0.05) is 38.5 Å². The van der Waals surface area contributed by atoms with Crippen molar-refractivity contribution in [1.82, 2.24) is 15.1 Å². The van der Waals surface area contributed by atoms with Gasteiger partial charge in [0.2, 0.25) is 0 Å². The number of rotatable bonds is 6. The molecule has 20 heavy (non-hydrogen) atoms. The molecule has 1 fully saturated rings. The second-order valence-electron chi connectivity index (χ2n) is 5.86. The third-order valence-corrected chi connectivity index (χ3v) is 4.41. The molecule has 2 heterocycles. The van der Waals surface area contributed by atoms with Crippen LogP contribution >= 0.6 is 0 Å². The molecule has 114 valence electrons. The van der Waals surface area contributed by atoms with Gasteiger partial charge in [0.1, 0.15) is 0 Å². The molecule has 1 aromatic heterocycles. The van der Waals surface area contributed by atoms with Crippen LogP contribution in [0, 0.1) is 5.92 Å². The molecule has 0 aliphatic carbocycles. The molecule has 0 bridgehead atoms. The molecule has 1 aromatic rings. The van der Waals surface area contributed by atoms with Gasteiger partial charge < -0.3 is 15.0 Å². The zero-order valence-corrected chi connectivity index (χ0v) is 13.2. The Hall–Kier alpha value is -1.07. The molecule has 0 radical (unpaired) electrons. The number of methoxy groups -OCH3 is 1. The van der Waals surface area contributed by atoms with Gasteiger partial charge in [0.25, 0.3) is 0 Å². The zero-order chi connectivity index (χ0) is 14.5. The average molecular weight is 280 g/mol. The summed E-state index contributed by atoms with van der Waals surface area (Å²) in [4.78, 5) is 2.48. The Morgan fingerprint density at radius 1 is 1.55 bits per heavy atom. The summed E-state index contributed by atoms with van der Waals surface area (Å²) in [6.45, 7) is 10.5. The molecule has 1 saturated heterocycles. The summed E-state index contributed by atoms with van der Waals surface area (Å²) < 4.78 is 7.06. The fourth-order valence-electron chi connectivity index (χ4n) is 2.72.